The molecule has 24 N–H and O–H groups in total. The molecule has 41 heteroatoms. The molecule has 0 bridgehead atoms. The lowest BCUT2D eigenvalue weighted by Crippen LogP contribution is -2.60. The van der Waals surface area contributed by atoms with Gasteiger partial charge >= 0.3 is 0 Å². The zero-order chi connectivity index (χ0) is 102. The molecule has 0 spiro atoms. The van der Waals surface area contributed by atoms with Crippen LogP contribution in [0.25, 0.3) is 21.7 Å². The van der Waals surface area contributed by atoms with E-state index in [4.69, 9.17) is 43.9 Å². The van der Waals surface area contributed by atoms with Crippen molar-refractivity contribution in [3.8, 4) is 5.75 Å². The van der Waals surface area contributed by atoms with E-state index in [0.29, 0.717) is 52.7 Å². The van der Waals surface area contributed by atoms with Crippen LogP contribution < -0.4 is 92.3 Å². The quantitative estimate of drug-likeness (QED) is 0.0196. The number of primary amides is 5. The standard InChI is InChI=1S/C94H131N17O22S2.C2H6/c1-52(112)82-91(131)109-72(42-63-51-103-67-21-12-11-20-65(63)67)90(130)105-68(29-30-78(96)120)75(117)49-66(92(4,5)134-135-93(6,7)83(104-54(3)114)76(118)45-62(48-80(98)122)87(127)110-82)89(129)108-70(41-55-24-27-64(28-25-55)133-38-33-95)73(115)43-60(40-56-23-26-57-17-9-10-18-58(57)39-56)88(128)111-94(31-36-132-37-32-94)77(119)46-59(19-13-16-35-102-53(2)113)85(125)107-71(50-81(99)123)74(116)44-61(47-79(97)121)86(126)106-69(84(100)124)22-14-15-34-101-8;1-2/h9-12,17-18,20-21,23-28,39,51-52,59-62,66,68-72,82-83,101,103,112H,13-16,19,22,29-38,40-50,95H2,1-8H3,(H2,96,120)(H2,97,121)(H2,98,122)(H2,99,123)(H2,100,124)(H,102,113)(H,104,114)(H,105,130)(H,106,126)(H,107,125)(H,108,129)(H,109,131)(H,110,127)(H,111,128);1-2H3. The first kappa shape index (κ1) is 114. The molecule has 0 aliphatic carbocycles. The van der Waals surface area contributed by atoms with E-state index < -0.39 is 263 Å². The number of nitrogens with two attached hydrogens (primary N) is 6. The van der Waals surface area contributed by atoms with Crippen LogP contribution in [0, 0.1) is 29.6 Å². The number of carbonyl (C=O) groups excluding carboxylic acids is 19. The molecule has 5 aromatic rings. The minimum atomic E-state index is -1.90. The number of Topliss-reactive ketones (excluding diaryl/α,β-unsaturated/α-hetero) is 5. The van der Waals surface area contributed by atoms with Gasteiger partial charge in [0.25, 0.3) is 0 Å². The number of carbonyl (C=O) groups is 19. The van der Waals surface area contributed by atoms with Crippen molar-refractivity contribution in [2.75, 3.05) is 46.5 Å². The molecule has 13 unspecified atom stereocenters. The van der Waals surface area contributed by atoms with Crippen LogP contribution in [0.15, 0.2) is 97.2 Å². The number of hydrogen-bond donors (Lipinski definition) is 18. The summed E-state index contributed by atoms with van der Waals surface area (Å²) in [4.78, 5) is 275. The molecule has 13 atom stereocenters. The Hall–Kier alpha value is -12.1. The number of aliphatic hydroxyl groups excluding tert-OH is 1. The fourth-order valence-electron chi connectivity index (χ4n) is 16.4. The summed E-state index contributed by atoms with van der Waals surface area (Å²) in [6.45, 7) is 14.6. The fourth-order valence-corrected chi connectivity index (χ4v) is 19.4. The molecule has 137 heavy (non-hydrogen) atoms. The molecule has 3 heterocycles. The van der Waals surface area contributed by atoms with Gasteiger partial charge in [-0.1, -0.05) is 115 Å². The van der Waals surface area contributed by atoms with Gasteiger partial charge in [0.15, 0.2) is 28.9 Å². The molecule has 2 aliphatic heterocycles. The lowest BCUT2D eigenvalue weighted by molar-refractivity contribution is -0.141. The van der Waals surface area contributed by atoms with Crippen molar-refractivity contribution >= 4 is 155 Å². The molecule has 0 saturated carbocycles. The fraction of sp³-hybridized carbons (Fsp3) is 0.552. The van der Waals surface area contributed by atoms with E-state index in [1.54, 1.807) is 102 Å². The SMILES string of the molecule is CC.CNCCCCC(NC(=O)C(CC(N)=O)CC(=O)C(CC(N)=O)NC(=O)C(CCCCNC(C)=O)CC(=O)C1(NC(=O)C(CC(=O)C(Cc2ccc(OCCN)cc2)NC(=O)C2CC(=O)C(CCC(N)=O)NC(=O)C(Cc3c[nH]c4ccccc34)NC(=O)C(C(C)O)NC(=O)C(CC(N)=O)CC(=O)C(NC(C)=O)C(C)(C)SSC2(C)C)Cc2ccc3ccccc3c2)CCOCC1)C(N)=O. The zero-order valence-corrected chi connectivity index (χ0v) is 81.3. The van der Waals surface area contributed by atoms with Crippen LogP contribution in [0.5, 0.6) is 5.75 Å². The summed E-state index contributed by atoms with van der Waals surface area (Å²) in [5.74, 6) is -24.6. The average Bonchev–Trinajstić information content (AvgIpc) is 1.11. The summed E-state index contributed by atoms with van der Waals surface area (Å²) in [6.07, 6.45) is -7.18. The third-order valence-corrected chi connectivity index (χ3v) is 28.3. The number of rotatable bonds is 48. The summed E-state index contributed by atoms with van der Waals surface area (Å²) in [7, 11) is 3.64. The molecular weight excluding hydrogens is 1810 g/mol. The van der Waals surface area contributed by atoms with Crippen LogP contribution in [0.2, 0.25) is 0 Å². The maximum Gasteiger partial charge on any atom is 0.245 e. The van der Waals surface area contributed by atoms with Crippen LogP contribution in [0.4, 0.5) is 0 Å². The highest BCUT2D eigenvalue weighted by Crippen LogP contribution is 2.50. The number of fused-ring (bicyclic) bond motifs is 2. The number of H-pyrrole nitrogens is 1. The molecule has 39 nitrogen and oxygen atoms in total. The van der Waals surface area contributed by atoms with Gasteiger partial charge in [0, 0.05) is 149 Å². The van der Waals surface area contributed by atoms with Gasteiger partial charge in [-0.05, 0) is 145 Å². The van der Waals surface area contributed by atoms with E-state index >= 15 is 33.6 Å². The number of aromatic amines is 1. The lowest BCUT2D eigenvalue weighted by atomic mass is 9.79. The predicted molar refractivity (Wildman–Crippen MR) is 516 cm³/mol. The maximum atomic E-state index is 16.4. The van der Waals surface area contributed by atoms with Crippen molar-refractivity contribution in [1.82, 2.24) is 58.2 Å². The van der Waals surface area contributed by atoms with Crippen molar-refractivity contribution in [3.05, 3.63) is 114 Å². The predicted octanol–water partition coefficient (Wildman–Crippen LogP) is 2.07. The number of ketones is 5. The largest absolute Gasteiger partial charge is 0.492 e. The van der Waals surface area contributed by atoms with Crippen molar-refractivity contribution in [2.24, 2.45) is 64.0 Å². The molecule has 1 aromatic heterocycles. The van der Waals surface area contributed by atoms with E-state index in [1.165, 1.54) is 6.92 Å². The Balaban J connectivity index is 0.0000143. The van der Waals surface area contributed by atoms with E-state index in [2.05, 4.69) is 58.2 Å². The highest BCUT2D eigenvalue weighted by Gasteiger charge is 2.49. The molecule has 2 saturated heterocycles. The van der Waals surface area contributed by atoms with Crippen LogP contribution in [0.1, 0.15) is 195 Å². The number of unbranched alkanes of at least 4 members (excludes halogenated alkanes) is 2. The van der Waals surface area contributed by atoms with Gasteiger partial charge in [-0.25, -0.2) is 0 Å². The molecule has 7 rings (SSSR count). The van der Waals surface area contributed by atoms with E-state index in [-0.39, 0.29) is 96.6 Å². The molecule has 2 aliphatic rings. The van der Waals surface area contributed by atoms with Gasteiger partial charge in [-0.2, -0.15) is 0 Å². The Morgan fingerprint density at radius 1 is 0.584 bits per heavy atom. The second-order valence-corrected chi connectivity index (χ2v) is 39.2. The Bertz CT molecular complexity index is 5080. The minimum Gasteiger partial charge on any atom is -0.492 e. The number of para-hydroxylation sites is 1. The zero-order valence-electron chi connectivity index (χ0n) is 79.6. The summed E-state index contributed by atoms with van der Waals surface area (Å²) >= 11 is 0. The lowest BCUT2D eigenvalue weighted by Gasteiger charge is -2.39. The third kappa shape index (κ3) is 36.4. The number of benzene rings is 4. The second-order valence-electron chi connectivity index (χ2n) is 35.8. The topological polar surface area (TPSA) is 655 Å². The monoisotopic (exact) mass is 1940 g/mol. The van der Waals surface area contributed by atoms with E-state index in [9.17, 15) is 62.6 Å². The first-order valence-electron chi connectivity index (χ1n) is 46.3. The number of hydrogen-bond acceptors (Lipinski definition) is 26. The Morgan fingerprint density at radius 2 is 1.19 bits per heavy atom. The number of aliphatic hydroxyl groups is 1. The minimum absolute atomic E-state index is 0.0975. The smallest absolute Gasteiger partial charge is 0.245 e. The molecule has 750 valence electrons. The van der Waals surface area contributed by atoms with E-state index in [1.807, 2.05) is 44.2 Å². The van der Waals surface area contributed by atoms with Gasteiger partial charge in [-0.15, -0.1) is 0 Å². The van der Waals surface area contributed by atoms with E-state index in [0.717, 1.165) is 46.2 Å². The van der Waals surface area contributed by atoms with Gasteiger partial charge in [0.2, 0.25) is 82.7 Å². The van der Waals surface area contributed by atoms with Crippen LogP contribution in [-0.2, 0) is 115 Å². The Labute approximate surface area is 805 Å². The summed E-state index contributed by atoms with van der Waals surface area (Å²) in [5.41, 5.74) is 34.3. The van der Waals surface area contributed by atoms with Crippen LogP contribution in [-0.4, -0.2) is 232 Å². The summed E-state index contributed by atoms with van der Waals surface area (Å²) < 4.78 is 8.58. The molecule has 14 amide bonds. The highest BCUT2D eigenvalue weighted by atomic mass is 33.1. The number of nitrogens with one attached hydrogen (secondary N) is 11. The molecule has 4 aromatic carbocycles. The molecule has 0 radical (unpaired) electrons. The highest BCUT2D eigenvalue weighted by molar-refractivity contribution is 8.77. The van der Waals surface area contributed by atoms with Gasteiger partial charge in [0.05, 0.1) is 48.4 Å². The van der Waals surface area contributed by atoms with Crippen LogP contribution in [0.3, 0.4) is 0 Å². The second kappa shape index (κ2) is 55.4. The molecular formula is C96H137N17O22S2. The van der Waals surface area contributed by atoms with Crippen molar-refractivity contribution in [3.63, 3.8) is 0 Å². The van der Waals surface area contributed by atoms with Crippen molar-refractivity contribution < 1.29 is 106 Å². The first-order valence-corrected chi connectivity index (χ1v) is 48.4. The molecule has 2 fully saturated rings. The number of aromatic nitrogens is 1. The number of ether oxygens (including phenoxy) is 2. The van der Waals surface area contributed by atoms with Crippen LogP contribution >= 0.6 is 21.6 Å². The van der Waals surface area contributed by atoms with Crippen molar-refractivity contribution in [1.29, 1.82) is 0 Å². The Morgan fingerprint density at radius 3 is 1.82 bits per heavy atom. The average molecular weight is 1950 g/mol. The van der Waals surface area contributed by atoms with Gasteiger partial charge in [0.1, 0.15) is 42.1 Å². The normalized spacial score (nSPS) is 19.7. The third-order valence-electron chi connectivity index (χ3n) is 24.0. The van der Waals surface area contributed by atoms with Gasteiger partial charge in [-0.3, -0.25) is 91.1 Å². The number of amides is 14. The summed E-state index contributed by atoms with van der Waals surface area (Å²) in [5, 5.41) is 40.4. The van der Waals surface area contributed by atoms with Gasteiger partial charge < -0.3 is 107 Å². The van der Waals surface area contributed by atoms with Crippen molar-refractivity contribution in [2.45, 2.75) is 261 Å². The Kier molecular flexibility index (Phi) is 45.9. The summed E-state index contributed by atoms with van der Waals surface area (Å²) in [6, 6.07) is 14.6. The first-order chi connectivity index (χ1) is 64.8. The maximum absolute atomic E-state index is 16.4.